The molecule has 0 amide bonds. The van der Waals surface area contributed by atoms with Crippen LogP contribution in [0.2, 0.25) is 0 Å². The van der Waals surface area contributed by atoms with Gasteiger partial charge < -0.3 is 0 Å². The molecule has 0 nitrogen and oxygen atoms in total. The molecule has 0 aromatic heterocycles. The lowest BCUT2D eigenvalue weighted by atomic mass is 10.1. The van der Waals surface area contributed by atoms with Crippen molar-refractivity contribution in [2.75, 3.05) is 0 Å². The summed E-state index contributed by atoms with van der Waals surface area (Å²) in [5.41, 5.74) is 4.34. The van der Waals surface area contributed by atoms with Crippen molar-refractivity contribution in [2.45, 2.75) is 39.0 Å². The van der Waals surface area contributed by atoms with Crippen LogP contribution in [0.15, 0.2) is 36.4 Å². The number of allylic oxidation sites excluding steroid dienone is 3. The summed E-state index contributed by atoms with van der Waals surface area (Å²) in [6.45, 7) is 2.19. The molecule has 3 aliphatic rings. The molecule has 1 aromatic rings. The Bertz CT molecular complexity index is 467. The van der Waals surface area contributed by atoms with Gasteiger partial charge in [-0.05, 0) is 60.6 Å². The first-order valence-electron chi connectivity index (χ1n) is 7.32. The van der Waals surface area contributed by atoms with Crippen LogP contribution in [0.4, 0.5) is 0 Å². The van der Waals surface area contributed by atoms with E-state index in [4.69, 9.17) is 0 Å². The van der Waals surface area contributed by atoms with Crippen molar-refractivity contribution in [3.05, 3.63) is 53.1 Å². The van der Waals surface area contributed by atoms with Gasteiger partial charge in [-0.1, -0.05) is 49.4 Å². The van der Waals surface area contributed by atoms with Gasteiger partial charge in [0, 0.05) is 0 Å². The van der Waals surface area contributed by atoms with Crippen molar-refractivity contribution in [3.63, 3.8) is 0 Å². The van der Waals surface area contributed by atoms with Gasteiger partial charge in [-0.25, -0.2) is 0 Å². The highest BCUT2D eigenvalue weighted by Gasteiger charge is 2.25. The largest absolute Gasteiger partial charge is 0.0851 e. The Balaban J connectivity index is 0.000000122. The molecule has 0 spiro atoms. The van der Waals surface area contributed by atoms with Crippen LogP contribution in [-0.2, 0) is 12.8 Å². The average molecular weight is 238 g/mol. The van der Waals surface area contributed by atoms with Crippen LogP contribution < -0.4 is 0 Å². The molecule has 0 N–H and O–H groups in total. The lowest BCUT2D eigenvalue weighted by Gasteiger charge is -2.00. The molecule has 1 aromatic carbocycles. The van der Waals surface area contributed by atoms with E-state index >= 15 is 0 Å². The first kappa shape index (κ1) is 11.8. The summed E-state index contributed by atoms with van der Waals surface area (Å²) in [6, 6.07) is 6.76. The predicted octanol–water partition coefficient (Wildman–Crippen LogP) is 4.79. The summed E-state index contributed by atoms with van der Waals surface area (Å²) in [4.78, 5) is 0. The van der Waals surface area contributed by atoms with Crippen LogP contribution in [0.25, 0.3) is 6.08 Å². The lowest BCUT2D eigenvalue weighted by Crippen LogP contribution is -1.84. The summed E-state index contributed by atoms with van der Waals surface area (Å²) in [5.74, 6) is 1.98. The number of benzene rings is 1. The topological polar surface area (TPSA) is 0 Å². The first-order chi connectivity index (χ1) is 8.85. The second-order valence-electron chi connectivity index (χ2n) is 5.71. The molecule has 2 unspecified atom stereocenters. The van der Waals surface area contributed by atoms with Gasteiger partial charge in [0.1, 0.15) is 0 Å². The maximum absolute atomic E-state index is 2.38. The highest BCUT2D eigenvalue weighted by molar-refractivity contribution is 5.60. The van der Waals surface area contributed by atoms with Gasteiger partial charge >= 0.3 is 0 Å². The number of hydrogen-bond acceptors (Lipinski definition) is 0. The maximum atomic E-state index is 2.38. The number of fused-ring (bicyclic) bond motifs is 3. The Morgan fingerprint density at radius 3 is 2.44 bits per heavy atom. The minimum absolute atomic E-state index is 0.991. The normalized spacial score (nSPS) is 26.1. The zero-order valence-corrected chi connectivity index (χ0v) is 11.2. The monoisotopic (exact) mass is 238 g/mol. The molecule has 0 radical (unpaired) electrons. The molecular formula is C18H22. The fourth-order valence-corrected chi connectivity index (χ4v) is 3.23. The molecule has 2 bridgehead atoms. The summed E-state index contributed by atoms with van der Waals surface area (Å²) in [6.07, 6.45) is 15.9. The van der Waals surface area contributed by atoms with Crippen molar-refractivity contribution >= 4 is 6.08 Å². The molecule has 94 valence electrons. The molecule has 3 aliphatic carbocycles. The van der Waals surface area contributed by atoms with E-state index in [-0.39, 0.29) is 0 Å². The molecule has 1 fully saturated rings. The summed E-state index contributed by atoms with van der Waals surface area (Å²) >= 11 is 0. The van der Waals surface area contributed by atoms with Crippen molar-refractivity contribution in [3.8, 4) is 0 Å². The molecule has 0 aliphatic heterocycles. The Labute approximate surface area is 110 Å². The SMILES string of the molecule is C1=CC2CCC1C2.CCc1ccc2c(c1)C=CC2. The fraction of sp³-hybridized carbons (Fsp3) is 0.444. The number of rotatable bonds is 1. The highest BCUT2D eigenvalue weighted by atomic mass is 14.3. The van der Waals surface area contributed by atoms with E-state index in [0.717, 1.165) is 24.7 Å². The third-order valence-corrected chi connectivity index (χ3v) is 4.42. The van der Waals surface area contributed by atoms with Crippen molar-refractivity contribution in [2.24, 2.45) is 11.8 Å². The fourth-order valence-electron chi connectivity index (χ4n) is 3.23. The van der Waals surface area contributed by atoms with Crippen molar-refractivity contribution in [1.29, 1.82) is 0 Å². The third kappa shape index (κ3) is 2.43. The first-order valence-corrected chi connectivity index (χ1v) is 7.32. The molecule has 0 saturated heterocycles. The molecule has 18 heavy (non-hydrogen) atoms. The second kappa shape index (κ2) is 5.14. The molecule has 4 rings (SSSR count). The van der Waals surface area contributed by atoms with Gasteiger partial charge in [0.05, 0.1) is 0 Å². The van der Waals surface area contributed by atoms with Crippen molar-refractivity contribution in [1.82, 2.24) is 0 Å². The Kier molecular flexibility index (Phi) is 3.36. The van der Waals surface area contributed by atoms with Crippen LogP contribution in [0, 0.1) is 11.8 Å². The van der Waals surface area contributed by atoms with E-state index in [1.165, 1.54) is 36.0 Å². The molecule has 1 saturated carbocycles. The summed E-state index contributed by atoms with van der Waals surface area (Å²) < 4.78 is 0. The standard InChI is InChI=1S/C11H12.C7H10/c1-2-9-6-7-10-4-3-5-11(10)8-9;1-2-7-4-3-6(1)5-7/h3,5-8H,2,4H2,1H3;1-2,6-7H,3-5H2. The smallest absolute Gasteiger partial charge is 0.00882 e. The summed E-state index contributed by atoms with van der Waals surface area (Å²) in [5, 5.41) is 0. The quantitative estimate of drug-likeness (QED) is 0.617. The van der Waals surface area contributed by atoms with E-state index in [2.05, 4.69) is 49.4 Å². The van der Waals surface area contributed by atoms with E-state index in [1.807, 2.05) is 0 Å². The minimum Gasteiger partial charge on any atom is -0.0851 e. The van der Waals surface area contributed by atoms with Crippen LogP contribution in [0.1, 0.15) is 42.9 Å². The Hall–Kier alpha value is -1.30. The van der Waals surface area contributed by atoms with E-state index < -0.39 is 0 Å². The van der Waals surface area contributed by atoms with Gasteiger partial charge in [-0.3, -0.25) is 0 Å². The van der Waals surface area contributed by atoms with Gasteiger partial charge in [0.25, 0.3) is 0 Å². The number of hydrogen-bond donors (Lipinski definition) is 0. The Morgan fingerprint density at radius 1 is 1.11 bits per heavy atom. The molecule has 2 atom stereocenters. The molecule has 0 heteroatoms. The second-order valence-corrected chi connectivity index (χ2v) is 5.71. The van der Waals surface area contributed by atoms with Gasteiger partial charge in [0.2, 0.25) is 0 Å². The molecule has 0 heterocycles. The summed E-state index contributed by atoms with van der Waals surface area (Å²) in [7, 11) is 0. The van der Waals surface area contributed by atoms with E-state index in [9.17, 15) is 0 Å². The zero-order valence-electron chi connectivity index (χ0n) is 11.2. The van der Waals surface area contributed by atoms with Crippen LogP contribution in [0.5, 0.6) is 0 Å². The third-order valence-electron chi connectivity index (χ3n) is 4.42. The van der Waals surface area contributed by atoms with Gasteiger partial charge in [0.15, 0.2) is 0 Å². The van der Waals surface area contributed by atoms with Crippen LogP contribution >= 0.6 is 0 Å². The predicted molar refractivity (Wildman–Crippen MR) is 78.5 cm³/mol. The van der Waals surface area contributed by atoms with E-state index in [0.29, 0.717) is 0 Å². The van der Waals surface area contributed by atoms with Crippen LogP contribution in [0.3, 0.4) is 0 Å². The minimum atomic E-state index is 0.991. The maximum Gasteiger partial charge on any atom is -0.00882 e. The lowest BCUT2D eigenvalue weighted by molar-refractivity contribution is 0.691. The molecular weight excluding hydrogens is 216 g/mol. The number of aryl methyl sites for hydroxylation is 1. The van der Waals surface area contributed by atoms with Crippen molar-refractivity contribution < 1.29 is 0 Å². The highest BCUT2D eigenvalue weighted by Crippen LogP contribution is 2.38. The Morgan fingerprint density at radius 2 is 1.89 bits per heavy atom. The van der Waals surface area contributed by atoms with Gasteiger partial charge in [-0.2, -0.15) is 0 Å². The van der Waals surface area contributed by atoms with Gasteiger partial charge in [-0.15, -0.1) is 0 Å². The van der Waals surface area contributed by atoms with E-state index in [1.54, 1.807) is 0 Å². The van der Waals surface area contributed by atoms with Crippen LogP contribution in [-0.4, -0.2) is 0 Å². The zero-order chi connectivity index (χ0) is 12.4. The average Bonchev–Trinajstić information content (AvgIpc) is 3.15.